The van der Waals surface area contributed by atoms with Crippen LogP contribution in [-0.4, -0.2) is 13.4 Å². The third kappa shape index (κ3) is 3.40. The monoisotopic (exact) mass is 305 g/mol. The molecule has 3 N–H and O–H groups in total. The van der Waals surface area contributed by atoms with Gasteiger partial charge in [-0.05, 0) is 55.7 Å². The predicted molar refractivity (Wildman–Crippen MR) is 83.6 cm³/mol. The number of sulfonamides is 1. The van der Waals surface area contributed by atoms with Gasteiger partial charge in [0.1, 0.15) is 0 Å². The van der Waals surface area contributed by atoms with Crippen molar-refractivity contribution in [3.8, 4) is 0 Å². The Morgan fingerprint density at radius 1 is 1.14 bits per heavy atom. The fourth-order valence-corrected chi connectivity index (χ4v) is 3.44. The first kappa shape index (κ1) is 15.5. The van der Waals surface area contributed by atoms with Crippen LogP contribution in [-0.2, 0) is 16.6 Å². The number of rotatable bonds is 4. The number of aromatic nitrogens is 1. The number of hydrogen-bond acceptors (Lipinski definition) is 4. The molecule has 0 amide bonds. The van der Waals surface area contributed by atoms with E-state index < -0.39 is 10.0 Å². The second kappa shape index (κ2) is 5.83. The van der Waals surface area contributed by atoms with Crippen LogP contribution in [0.4, 0.5) is 5.69 Å². The molecule has 0 atom stereocenters. The third-order valence-corrected chi connectivity index (χ3v) is 4.83. The van der Waals surface area contributed by atoms with Gasteiger partial charge in [0.25, 0.3) is 10.0 Å². The molecule has 0 aliphatic rings. The summed E-state index contributed by atoms with van der Waals surface area (Å²) in [5.74, 6) is 0. The molecule has 6 heteroatoms. The summed E-state index contributed by atoms with van der Waals surface area (Å²) in [6.45, 7) is 5.84. The van der Waals surface area contributed by atoms with Gasteiger partial charge in [0.2, 0.25) is 0 Å². The predicted octanol–water partition coefficient (Wildman–Crippen LogP) is 2.27. The average Bonchev–Trinajstić information content (AvgIpc) is 2.41. The van der Waals surface area contributed by atoms with Gasteiger partial charge in [-0.1, -0.05) is 6.07 Å². The smallest absolute Gasteiger partial charge is 0.262 e. The lowest BCUT2D eigenvalue weighted by Gasteiger charge is -2.13. The Bertz CT molecular complexity index is 753. The minimum Gasteiger partial charge on any atom is -0.326 e. The zero-order valence-corrected chi connectivity index (χ0v) is 13.2. The fraction of sp³-hybridized carbons (Fsp3) is 0.267. The first-order valence-electron chi connectivity index (χ1n) is 6.59. The Hall–Kier alpha value is -1.92. The molecule has 2 rings (SSSR count). The maximum Gasteiger partial charge on any atom is 0.262 e. The van der Waals surface area contributed by atoms with Crippen LogP contribution < -0.4 is 10.5 Å². The molecule has 5 nitrogen and oxygen atoms in total. The molecule has 0 aliphatic heterocycles. The highest BCUT2D eigenvalue weighted by Crippen LogP contribution is 2.22. The maximum atomic E-state index is 12.5. The number of nitrogens with two attached hydrogens (primary N) is 1. The molecular formula is C15H19N3O2S. The highest BCUT2D eigenvalue weighted by atomic mass is 32.2. The van der Waals surface area contributed by atoms with Gasteiger partial charge in [0, 0.05) is 12.2 Å². The Morgan fingerprint density at radius 3 is 2.43 bits per heavy atom. The van der Waals surface area contributed by atoms with E-state index in [1.807, 2.05) is 19.9 Å². The maximum absolute atomic E-state index is 12.5. The van der Waals surface area contributed by atoms with Crippen molar-refractivity contribution in [1.29, 1.82) is 0 Å². The second-order valence-electron chi connectivity index (χ2n) is 5.04. The van der Waals surface area contributed by atoms with E-state index in [4.69, 9.17) is 5.73 Å². The number of benzene rings is 1. The quantitative estimate of drug-likeness (QED) is 0.907. The molecule has 112 valence electrons. The fourth-order valence-electron chi connectivity index (χ4n) is 2.12. The number of nitrogens with one attached hydrogen (secondary N) is 1. The average molecular weight is 305 g/mol. The second-order valence-corrected chi connectivity index (χ2v) is 6.69. The molecule has 0 radical (unpaired) electrons. The molecule has 0 fully saturated rings. The molecule has 2 aromatic rings. The highest BCUT2D eigenvalue weighted by Gasteiger charge is 2.18. The standard InChI is InChI=1S/C15H19N3O2S/c1-10-6-11(2)15(7-13(10)8-16)21(19,20)18-14-5-4-12(3)17-9-14/h4-7,9,18H,8,16H2,1-3H3. The Balaban J connectivity index is 2.42. The number of nitrogens with zero attached hydrogens (tertiary/aromatic N) is 1. The van der Waals surface area contributed by atoms with Gasteiger partial charge in [0.05, 0.1) is 16.8 Å². The molecule has 21 heavy (non-hydrogen) atoms. The summed E-state index contributed by atoms with van der Waals surface area (Å²) >= 11 is 0. The number of hydrogen-bond donors (Lipinski definition) is 2. The van der Waals surface area contributed by atoms with Crippen LogP contribution >= 0.6 is 0 Å². The largest absolute Gasteiger partial charge is 0.326 e. The Labute approximate surface area is 125 Å². The third-order valence-electron chi connectivity index (χ3n) is 3.31. The Kier molecular flexibility index (Phi) is 4.29. The van der Waals surface area contributed by atoms with E-state index >= 15 is 0 Å². The van der Waals surface area contributed by atoms with E-state index in [-0.39, 0.29) is 4.90 Å². The molecule has 1 aromatic carbocycles. The van der Waals surface area contributed by atoms with E-state index in [9.17, 15) is 8.42 Å². The summed E-state index contributed by atoms with van der Waals surface area (Å²) in [6.07, 6.45) is 1.50. The van der Waals surface area contributed by atoms with Crippen LogP contribution in [0.25, 0.3) is 0 Å². The molecule has 0 saturated carbocycles. The minimum atomic E-state index is -3.65. The van der Waals surface area contributed by atoms with Crippen molar-refractivity contribution in [2.24, 2.45) is 5.73 Å². The topological polar surface area (TPSA) is 85.1 Å². The first-order chi connectivity index (χ1) is 9.83. The summed E-state index contributed by atoms with van der Waals surface area (Å²) in [5, 5.41) is 0. The van der Waals surface area contributed by atoms with Crippen molar-refractivity contribution in [1.82, 2.24) is 4.98 Å². The lowest BCUT2D eigenvalue weighted by Crippen LogP contribution is -2.15. The van der Waals surface area contributed by atoms with E-state index in [2.05, 4.69) is 9.71 Å². The van der Waals surface area contributed by atoms with Crippen molar-refractivity contribution in [2.75, 3.05) is 4.72 Å². The van der Waals surface area contributed by atoms with E-state index in [0.29, 0.717) is 17.8 Å². The molecule has 0 unspecified atom stereocenters. The first-order valence-corrected chi connectivity index (χ1v) is 8.07. The number of pyridine rings is 1. The normalized spacial score (nSPS) is 11.4. The van der Waals surface area contributed by atoms with Gasteiger partial charge < -0.3 is 5.73 Å². The molecule has 1 heterocycles. The van der Waals surface area contributed by atoms with Gasteiger partial charge in [-0.2, -0.15) is 0 Å². The summed E-state index contributed by atoms with van der Waals surface area (Å²) in [5.41, 5.74) is 9.43. The van der Waals surface area contributed by atoms with Crippen LogP contribution in [0.15, 0.2) is 35.4 Å². The van der Waals surface area contributed by atoms with E-state index in [0.717, 1.165) is 16.8 Å². The zero-order chi connectivity index (χ0) is 15.6. The SMILES string of the molecule is Cc1ccc(NS(=O)(=O)c2cc(CN)c(C)cc2C)cn1. The van der Waals surface area contributed by atoms with Crippen LogP contribution in [0.1, 0.15) is 22.4 Å². The summed E-state index contributed by atoms with van der Waals surface area (Å²) in [7, 11) is -3.65. The van der Waals surface area contributed by atoms with Crippen LogP contribution in [0.5, 0.6) is 0 Å². The molecular weight excluding hydrogens is 286 g/mol. The van der Waals surface area contributed by atoms with Crippen LogP contribution in [0.3, 0.4) is 0 Å². The van der Waals surface area contributed by atoms with Gasteiger partial charge in [-0.15, -0.1) is 0 Å². The Morgan fingerprint density at radius 2 is 1.86 bits per heavy atom. The van der Waals surface area contributed by atoms with Crippen molar-refractivity contribution in [3.05, 3.63) is 52.8 Å². The summed E-state index contributed by atoms with van der Waals surface area (Å²) in [4.78, 5) is 4.32. The van der Waals surface area contributed by atoms with Crippen molar-refractivity contribution in [3.63, 3.8) is 0 Å². The van der Waals surface area contributed by atoms with Gasteiger partial charge >= 0.3 is 0 Å². The van der Waals surface area contributed by atoms with Gasteiger partial charge in [-0.3, -0.25) is 9.71 Å². The van der Waals surface area contributed by atoms with E-state index in [1.54, 1.807) is 25.1 Å². The summed E-state index contributed by atoms with van der Waals surface area (Å²) in [6, 6.07) is 6.91. The van der Waals surface area contributed by atoms with Crippen molar-refractivity contribution < 1.29 is 8.42 Å². The minimum absolute atomic E-state index is 0.245. The van der Waals surface area contributed by atoms with Gasteiger partial charge in [0.15, 0.2) is 0 Å². The number of aryl methyl sites for hydroxylation is 3. The molecule has 0 saturated heterocycles. The molecule has 0 aliphatic carbocycles. The van der Waals surface area contributed by atoms with E-state index in [1.165, 1.54) is 6.20 Å². The zero-order valence-electron chi connectivity index (χ0n) is 12.3. The van der Waals surface area contributed by atoms with Crippen molar-refractivity contribution >= 4 is 15.7 Å². The van der Waals surface area contributed by atoms with Crippen LogP contribution in [0.2, 0.25) is 0 Å². The van der Waals surface area contributed by atoms with Gasteiger partial charge in [-0.25, -0.2) is 8.42 Å². The molecule has 0 spiro atoms. The lowest BCUT2D eigenvalue weighted by molar-refractivity contribution is 0.600. The summed E-state index contributed by atoms with van der Waals surface area (Å²) < 4.78 is 27.6. The lowest BCUT2D eigenvalue weighted by atomic mass is 10.1. The van der Waals surface area contributed by atoms with Crippen LogP contribution in [0, 0.1) is 20.8 Å². The van der Waals surface area contributed by atoms with Crippen molar-refractivity contribution in [2.45, 2.75) is 32.2 Å². The molecule has 0 bridgehead atoms. The number of anilines is 1. The highest BCUT2D eigenvalue weighted by molar-refractivity contribution is 7.92. The molecule has 1 aromatic heterocycles.